The first-order chi connectivity index (χ1) is 13.5. The third kappa shape index (κ3) is 4.09. The van der Waals surface area contributed by atoms with Gasteiger partial charge >= 0.3 is 0 Å². The van der Waals surface area contributed by atoms with Gasteiger partial charge in [-0.25, -0.2) is 0 Å². The molecule has 1 aromatic carbocycles. The van der Waals surface area contributed by atoms with E-state index in [1.165, 1.54) is 35.9 Å². The number of non-ortho nitro benzene ring substituents is 1. The molecule has 2 fully saturated rings. The molecular weight excluding hydrogens is 364 g/mol. The lowest BCUT2D eigenvalue weighted by molar-refractivity contribution is -0.384. The standard InChI is InChI=1S/C19H24N4O5/c24-18(21-7-5-14(6-8-21)20-10-13-1-2-13)11-22-16-9-15(23(26)27)3-4-17(16)28-12-19(22)25/h3-4,9,13-14,20H,1-2,5-8,10-12H2. The largest absolute Gasteiger partial charge is 0.482 e. The van der Waals surface area contributed by atoms with Gasteiger partial charge in [0.2, 0.25) is 5.91 Å². The maximum absolute atomic E-state index is 12.8. The van der Waals surface area contributed by atoms with E-state index >= 15 is 0 Å². The molecule has 1 saturated heterocycles. The normalized spacial score (nSPS) is 19.9. The first-order valence-electron chi connectivity index (χ1n) is 9.74. The summed E-state index contributed by atoms with van der Waals surface area (Å²) in [4.78, 5) is 38.7. The summed E-state index contributed by atoms with van der Waals surface area (Å²) in [7, 11) is 0. The number of nitrogens with one attached hydrogen (secondary N) is 1. The smallest absolute Gasteiger partial charge is 0.271 e. The Balaban J connectivity index is 1.38. The van der Waals surface area contributed by atoms with Crippen molar-refractivity contribution in [1.82, 2.24) is 10.2 Å². The van der Waals surface area contributed by atoms with Crippen LogP contribution in [0.15, 0.2) is 18.2 Å². The van der Waals surface area contributed by atoms with Crippen LogP contribution >= 0.6 is 0 Å². The molecule has 28 heavy (non-hydrogen) atoms. The van der Waals surface area contributed by atoms with Crippen LogP contribution in [-0.2, 0) is 9.59 Å². The summed E-state index contributed by atoms with van der Waals surface area (Å²) in [6, 6.07) is 4.52. The van der Waals surface area contributed by atoms with Crippen LogP contribution in [0, 0.1) is 16.0 Å². The third-order valence-corrected chi connectivity index (χ3v) is 5.63. The molecule has 9 nitrogen and oxygen atoms in total. The number of hydrogen-bond acceptors (Lipinski definition) is 6. The predicted molar refractivity (Wildman–Crippen MR) is 101 cm³/mol. The first kappa shape index (κ1) is 18.7. The quantitative estimate of drug-likeness (QED) is 0.582. The molecule has 3 aliphatic rings. The van der Waals surface area contributed by atoms with Gasteiger partial charge in [0, 0.05) is 31.3 Å². The SMILES string of the molecule is O=C(CN1C(=O)COc2ccc([N+](=O)[O-])cc21)N1CCC(NCC2CC2)CC1. The van der Waals surface area contributed by atoms with E-state index in [-0.39, 0.29) is 36.3 Å². The molecule has 0 atom stereocenters. The second kappa shape index (κ2) is 7.75. The number of carbonyl (C=O) groups is 2. The van der Waals surface area contributed by atoms with Crippen LogP contribution < -0.4 is 15.0 Å². The number of amides is 2. The van der Waals surface area contributed by atoms with E-state index in [2.05, 4.69) is 5.32 Å². The minimum atomic E-state index is -0.529. The monoisotopic (exact) mass is 388 g/mol. The van der Waals surface area contributed by atoms with Crippen molar-refractivity contribution < 1.29 is 19.2 Å². The first-order valence-corrected chi connectivity index (χ1v) is 9.74. The van der Waals surface area contributed by atoms with E-state index in [0.717, 1.165) is 25.3 Å². The molecule has 0 unspecified atom stereocenters. The zero-order valence-corrected chi connectivity index (χ0v) is 15.6. The summed E-state index contributed by atoms with van der Waals surface area (Å²) in [5.41, 5.74) is 0.136. The number of nitro groups is 1. The molecule has 0 aromatic heterocycles. The molecule has 9 heteroatoms. The maximum atomic E-state index is 12.8. The van der Waals surface area contributed by atoms with E-state index in [1.54, 1.807) is 4.90 Å². The highest BCUT2D eigenvalue weighted by molar-refractivity contribution is 6.02. The zero-order chi connectivity index (χ0) is 19.7. The highest BCUT2D eigenvalue weighted by Gasteiger charge is 2.32. The van der Waals surface area contributed by atoms with Crippen molar-refractivity contribution in [3.05, 3.63) is 28.3 Å². The molecule has 0 radical (unpaired) electrons. The Morgan fingerprint density at radius 3 is 2.68 bits per heavy atom. The fourth-order valence-electron chi connectivity index (χ4n) is 3.70. The minimum Gasteiger partial charge on any atom is -0.482 e. The topological polar surface area (TPSA) is 105 Å². The van der Waals surface area contributed by atoms with Gasteiger partial charge in [-0.05, 0) is 44.2 Å². The van der Waals surface area contributed by atoms with Crippen molar-refractivity contribution in [2.75, 3.05) is 37.7 Å². The van der Waals surface area contributed by atoms with Crippen LogP contribution in [0.5, 0.6) is 5.75 Å². The predicted octanol–water partition coefficient (Wildman–Crippen LogP) is 1.31. The van der Waals surface area contributed by atoms with E-state index in [9.17, 15) is 19.7 Å². The van der Waals surface area contributed by atoms with Crippen molar-refractivity contribution in [2.24, 2.45) is 5.92 Å². The summed E-state index contributed by atoms with van der Waals surface area (Å²) >= 11 is 0. The van der Waals surface area contributed by atoms with Gasteiger partial charge in [-0.3, -0.25) is 24.6 Å². The van der Waals surface area contributed by atoms with E-state index in [4.69, 9.17) is 4.74 Å². The lowest BCUT2D eigenvalue weighted by Crippen LogP contribution is -2.50. The van der Waals surface area contributed by atoms with Gasteiger partial charge in [0.15, 0.2) is 6.61 Å². The van der Waals surface area contributed by atoms with Crippen molar-refractivity contribution in [3.8, 4) is 5.75 Å². The molecule has 4 rings (SSSR count). The average molecular weight is 388 g/mol. The Morgan fingerprint density at radius 2 is 2.00 bits per heavy atom. The number of fused-ring (bicyclic) bond motifs is 1. The van der Waals surface area contributed by atoms with Crippen molar-refractivity contribution in [3.63, 3.8) is 0 Å². The number of ether oxygens (including phenoxy) is 1. The minimum absolute atomic E-state index is 0.128. The van der Waals surface area contributed by atoms with Crippen LogP contribution in [-0.4, -0.2) is 60.5 Å². The molecular formula is C19H24N4O5. The number of hydrogen-bond donors (Lipinski definition) is 1. The van der Waals surface area contributed by atoms with E-state index in [1.807, 2.05) is 0 Å². The third-order valence-electron chi connectivity index (χ3n) is 5.63. The number of benzene rings is 1. The molecule has 0 bridgehead atoms. The number of carbonyl (C=O) groups excluding carboxylic acids is 2. The number of nitrogens with zero attached hydrogens (tertiary/aromatic N) is 3. The molecule has 1 aliphatic carbocycles. The van der Waals surface area contributed by atoms with Crippen LogP contribution in [0.4, 0.5) is 11.4 Å². The van der Waals surface area contributed by atoms with Gasteiger partial charge in [-0.2, -0.15) is 0 Å². The fraction of sp³-hybridized carbons (Fsp3) is 0.579. The number of likely N-dealkylation sites (tertiary alicyclic amines) is 1. The van der Waals surface area contributed by atoms with Crippen LogP contribution in [0.1, 0.15) is 25.7 Å². The second-order valence-corrected chi connectivity index (χ2v) is 7.68. The molecule has 2 amide bonds. The molecule has 1 saturated carbocycles. The summed E-state index contributed by atoms with van der Waals surface area (Å²) in [5.74, 6) is 0.688. The number of rotatable bonds is 6. The molecule has 1 aromatic rings. The highest BCUT2D eigenvalue weighted by Crippen LogP contribution is 2.35. The Labute approximate surface area is 162 Å². The number of anilines is 1. The van der Waals surface area contributed by atoms with Gasteiger partial charge < -0.3 is 15.0 Å². The highest BCUT2D eigenvalue weighted by atomic mass is 16.6. The summed E-state index contributed by atoms with van der Waals surface area (Å²) < 4.78 is 5.35. The lowest BCUT2D eigenvalue weighted by Gasteiger charge is -2.35. The van der Waals surface area contributed by atoms with Gasteiger partial charge in [0.1, 0.15) is 12.3 Å². The van der Waals surface area contributed by atoms with Gasteiger partial charge in [-0.1, -0.05) is 0 Å². The molecule has 2 heterocycles. The fourth-order valence-corrected chi connectivity index (χ4v) is 3.70. The Kier molecular flexibility index (Phi) is 5.17. The van der Waals surface area contributed by atoms with Crippen LogP contribution in [0.2, 0.25) is 0 Å². The molecule has 0 spiro atoms. The zero-order valence-electron chi connectivity index (χ0n) is 15.6. The Morgan fingerprint density at radius 1 is 1.25 bits per heavy atom. The summed E-state index contributed by atoms with van der Waals surface area (Å²) in [6.45, 7) is 2.07. The second-order valence-electron chi connectivity index (χ2n) is 7.68. The van der Waals surface area contributed by atoms with Crippen molar-refractivity contribution in [2.45, 2.75) is 31.7 Å². The van der Waals surface area contributed by atoms with Gasteiger partial charge in [0.05, 0.1) is 10.6 Å². The van der Waals surface area contributed by atoms with Crippen LogP contribution in [0.25, 0.3) is 0 Å². The molecule has 1 N–H and O–H groups in total. The van der Waals surface area contributed by atoms with Crippen LogP contribution in [0.3, 0.4) is 0 Å². The van der Waals surface area contributed by atoms with Gasteiger partial charge in [0.25, 0.3) is 11.6 Å². The molecule has 2 aliphatic heterocycles. The summed E-state index contributed by atoms with van der Waals surface area (Å²) in [5, 5.41) is 14.6. The average Bonchev–Trinajstić information content (AvgIpc) is 3.53. The van der Waals surface area contributed by atoms with Crippen molar-refractivity contribution >= 4 is 23.2 Å². The molecule has 150 valence electrons. The van der Waals surface area contributed by atoms with E-state index < -0.39 is 4.92 Å². The lowest BCUT2D eigenvalue weighted by atomic mass is 10.0. The number of piperidine rings is 1. The van der Waals surface area contributed by atoms with Gasteiger partial charge in [-0.15, -0.1) is 0 Å². The number of nitro benzene ring substituents is 1. The summed E-state index contributed by atoms with van der Waals surface area (Å²) in [6.07, 6.45) is 4.43. The Bertz CT molecular complexity index is 787. The van der Waals surface area contributed by atoms with E-state index in [0.29, 0.717) is 24.9 Å². The maximum Gasteiger partial charge on any atom is 0.271 e. The Hall–Kier alpha value is -2.68. The van der Waals surface area contributed by atoms with Crippen molar-refractivity contribution in [1.29, 1.82) is 0 Å².